The van der Waals surface area contributed by atoms with Crippen molar-refractivity contribution in [2.24, 2.45) is 0 Å². The lowest BCUT2D eigenvalue weighted by Crippen LogP contribution is -2.34. The standard InChI is InChI=1S/C16H18N4O2/c1-2-4-11-5-3-6-12(7-11)8-20-9-13(21)19-15-14(16(20)22)17-10-18-15/h3,5-7,10H,2,4,8-9H2,1H3,(H,17,18)(H,19,21). The normalized spacial score (nSPS) is 14.5. The van der Waals surface area contributed by atoms with Crippen molar-refractivity contribution in [1.29, 1.82) is 0 Å². The first-order valence-electron chi connectivity index (χ1n) is 7.37. The maximum absolute atomic E-state index is 12.5. The number of aromatic nitrogens is 2. The largest absolute Gasteiger partial charge is 0.339 e. The van der Waals surface area contributed by atoms with E-state index in [1.807, 2.05) is 12.1 Å². The zero-order chi connectivity index (χ0) is 15.5. The molecule has 0 bridgehead atoms. The molecule has 1 aliphatic heterocycles. The van der Waals surface area contributed by atoms with Crippen molar-refractivity contribution in [3.05, 3.63) is 47.4 Å². The number of aromatic amines is 1. The van der Waals surface area contributed by atoms with Gasteiger partial charge in [0.1, 0.15) is 12.2 Å². The second-order valence-electron chi connectivity index (χ2n) is 5.41. The van der Waals surface area contributed by atoms with Crippen LogP contribution in [0.4, 0.5) is 5.82 Å². The lowest BCUT2D eigenvalue weighted by Gasteiger charge is -2.19. The van der Waals surface area contributed by atoms with Crippen LogP contribution in [0, 0.1) is 0 Å². The summed E-state index contributed by atoms with van der Waals surface area (Å²) in [5.41, 5.74) is 2.60. The minimum Gasteiger partial charge on any atom is -0.339 e. The molecular formula is C16H18N4O2. The number of carbonyl (C=O) groups is 2. The minimum absolute atomic E-state index is 0.0288. The SMILES string of the molecule is CCCc1cccc(CN2CC(=O)Nc3nc[nH]c3C2=O)c1. The fourth-order valence-corrected chi connectivity index (χ4v) is 2.65. The van der Waals surface area contributed by atoms with Crippen LogP contribution in [0.1, 0.15) is 35.0 Å². The summed E-state index contributed by atoms with van der Waals surface area (Å²) in [5.74, 6) is -0.145. The number of fused-ring (bicyclic) bond motifs is 1. The Hall–Kier alpha value is -2.63. The number of nitrogens with zero attached hydrogens (tertiary/aromatic N) is 2. The molecule has 0 saturated carbocycles. The molecule has 2 aromatic rings. The van der Waals surface area contributed by atoms with Crippen LogP contribution in [0.15, 0.2) is 30.6 Å². The number of amides is 2. The zero-order valence-corrected chi connectivity index (χ0v) is 12.4. The van der Waals surface area contributed by atoms with Gasteiger partial charge in [-0.05, 0) is 17.5 Å². The van der Waals surface area contributed by atoms with Crippen LogP contribution in [0.25, 0.3) is 0 Å². The number of hydrogen-bond acceptors (Lipinski definition) is 3. The fourth-order valence-electron chi connectivity index (χ4n) is 2.65. The van der Waals surface area contributed by atoms with Crippen LogP contribution < -0.4 is 5.32 Å². The van der Waals surface area contributed by atoms with Gasteiger partial charge < -0.3 is 15.2 Å². The van der Waals surface area contributed by atoms with Gasteiger partial charge in [0.2, 0.25) is 5.91 Å². The highest BCUT2D eigenvalue weighted by molar-refractivity contribution is 6.06. The first-order chi connectivity index (χ1) is 10.7. The zero-order valence-electron chi connectivity index (χ0n) is 12.4. The fraction of sp³-hybridized carbons (Fsp3) is 0.312. The van der Waals surface area contributed by atoms with Crippen molar-refractivity contribution in [3.63, 3.8) is 0 Å². The van der Waals surface area contributed by atoms with E-state index in [0.717, 1.165) is 18.4 Å². The van der Waals surface area contributed by atoms with Gasteiger partial charge in [0, 0.05) is 6.54 Å². The average molecular weight is 298 g/mol. The maximum Gasteiger partial charge on any atom is 0.274 e. The Morgan fingerprint density at radius 1 is 1.27 bits per heavy atom. The number of aryl methyl sites for hydroxylation is 1. The molecule has 6 nitrogen and oxygen atoms in total. The molecule has 0 aliphatic carbocycles. The van der Waals surface area contributed by atoms with Crippen molar-refractivity contribution in [2.75, 3.05) is 11.9 Å². The summed E-state index contributed by atoms with van der Waals surface area (Å²) in [4.78, 5) is 32.7. The van der Waals surface area contributed by atoms with Gasteiger partial charge in [-0.15, -0.1) is 0 Å². The summed E-state index contributed by atoms with van der Waals surface area (Å²) >= 11 is 0. The van der Waals surface area contributed by atoms with E-state index in [0.29, 0.717) is 18.1 Å². The molecule has 22 heavy (non-hydrogen) atoms. The quantitative estimate of drug-likeness (QED) is 0.905. The highest BCUT2D eigenvalue weighted by Gasteiger charge is 2.28. The predicted molar refractivity (Wildman–Crippen MR) is 82.4 cm³/mol. The molecule has 1 aromatic carbocycles. The first kappa shape index (κ1) is 14.3. The molecule has 0 fully saturated rings. The van der Waals surface area contributed by atoms with Gasteiger partial charge in [0.25, 0.3) is 5.91 Å². The highest BCUT2D eigenvalue weighted by atomic mass is 16.2. The van der Waals surface area contributed by atoms with Crippen molar-refractivity contribution < 1.29 is 9.59 Å². The number of benzene rings is 1. The van der Waals surface area contributed by atoms with Gasteiger partial charge >= 0.3 is 0 Å². The van der Waals surface area contributed by atoms with E-state index < -0.39 is 0 Å². The molecular weight excluding hydrogens is 280 g/mol. The Kier molecular flexibility index (Phi) is 3.91. The van der Waals surface area contributed by atoms with E-state index in [2.05, 4.69) is 34.3 Å². The molecule has 0 atom stereocenters. The van der Waals surface area contributed by atoms with E-state index in [-0.39, 0.29) is 18.4 Å². The first-order valence-corrected chi connectivity index (χ1v) is 7.37. The molecule has 6 heteroatoms. The summed E-state index contributed by atoms with van der Waals surface area (Å²) in [6.45, 7) is 2.57. The third kappa shape index (κ3) is 2.86. The number of anilines is 1. The van der Waals surface area contributed by atoms with Crippen LogP contribution in [-0.4, -0.2) is 33.2 Å². The summed E-state index contributed by atoms with van der Waals surface area (Å²) in [6.07, 6.45) is 3.49. The van der Waals surface area contributed by atoms with Crippen LogP contribution in [-0.2, 0) is 17.8 Å². The molecule has 2 amide bonds. The second kappa shape index (κ2) is 6.01. The van der Waals surface area contributed by atoms with Gasteiger partial charge in [-0.25, -0.2) is 4.98 Å². The van der Waals surface area contributed by atoms with Gasteiger partial charge in [-0.3, -0.25) is 9.59 Å². The molecule has 0 radical (unpaired) electrons. The van der Waals surface area contributed by atoms with E-state index in [9.17, 15) is 9.59 Å². The van der Waals surface area contributed by atoms with Gasteiger partial charge in [0.15, 0.2) is 5.82 Å². The highest BCUT2D eigenvalue weighted by Crippen LogP contribution is 2.18. The van der Waals surface area contributed by atoms with E-state index in [1.54, 1.807) is 0 Å². The molecule has 1 aliphatic rings. The van der Waals surface area contributed by atoms with Crippen molar-refractivity contribution in [3.8, 4) is 0 Å². The second-order valence-corrected chi connectivity index (χ2v) is 5.41. The third-order valence-corrected chi connectivity index (χ3v) is 3.64. The number of imidazole rings is 1. The van der Waals surface area contributed by atoms with Gasteiger partial charge in [0.05, 0.1) is 6.33 Å². The number of carbonyl (C=O) groups excluding carboxylic acids is 2. The Morgan fingerprint density at radius 3 is 2.91 bits per heavy atom. The van der Waals surface area contributed by atoms with Gasteiger partial charge in [-0.1, -0.05) is 37.6 Å². The minimum atomic E-state index is -0.232. The summed E-state index contributed by atoms with van der Waals surface area (Å²) in [7, 11) is 0. The Labute approximate surface area is 128 Å². The molecule has 3 rings (SSSR count). The van der Waals surface area contributed by atoms with E-state index >= 15 is 0 Å². The van der Waals surface area contributed by atoms with Crippen LogP contribution in [0.5, 0.6) is 0 Å². The molecule has 2 heterocycles. The molecule has 0 spiro atoms. The molecule has 2 N–H and O–H groups in total. The van der Waals surface area contributed by atoms with E-state index in [1.165, 1.54) is 16.8 Å². The molecule has 1 aromatic heterocycles. The van der Waals surface area contributed by atoms with Crippen LogP contribution in [0.2, 0.25) is 0 Å². The number of rotatable bonds is 4. The Bertz CT molecular complexity index is 708. The van der Waals surface area contributed by atoms with E-state index in [4.69, 9.17) is 0 Å². The van der Waals surface area contributed by atoms with Gasteiger partial charge in [-0.2, -0.15) is 0 Å². The van der Waals surface area contributed by atoms with Crippen molar-refractivity contribution in [2.45, 2.75) is 26.3 Å². The lowest BCUT2D eigenvalue weighted by molar-refractivity contribution is -0.116. The molecule has 0 saturated heterocycles. The topological polar surface area (TPSA) is 78.1 Å². The number of hydrogen-bond donors (Lipinski definition) is 2. The van der Waals surface area contributed by atoms with Crippen molar-refractivity contribution >= 4 is 17.6 Å². The summed E-state index contributed by atoms with van der Waals surface area (Å²) < 4.78 is 0. The van der Waals surface area contributed by atoms with Crippen LogP contribution >= 0.6 is 0 Å². The molecule has 114 valence electrons. The number of nitrogens with one attached hydrogen (secondary N) is 2. The Morgan fingerprint density at radius 2 is 2.09 bits per heavy atom. The predicted octanol–water partition coefficient (Wildman–Crippen LogP) is 1.96. The third-order valence-electron chi connectivity index (χ3n) is 3.64. The van der Waals surface area contributed by atoms with Crippen LogP contribution in [0.3, 0.4) is 0 Å². The monoisotopic (exact) mass is 298 g/mol. The number of H-pyrrole nitrogens is 1. The summed E-state index contributed by atoms with van der Waals surface area (Å²) in [6, 6.07) is 8.14. The smallest absolute Gasteiger partial charge is 0.274 e. The maximum atomic E-state index is 12.5. The molecule has 0 unspecified atom stereocenters. The lowest BCUT2D eigenvalue weighted by atomic mass is 10.1. The average Bonchev–Trinajstić information content (AvgIpc) is 2.90. The Balaban J connectivity index is 1.83. The summed E-state index contributed by atoms with van der Waals surface area (Å²) in [5, 5.41) is 2.64. The van der Waals surface area contributed by atoms with Crippen molar-refractivity contribution in [1.82, 2.24) is 14.9 Å².